The summed E-state index contributed by atoms with van der Waals surface area (Å²) in [5.41, 5.74) is 8.00. The first-order chi connectivity index (χ1) is 19.7. The standard InChI is InChI=1S/C29H18N2.C6H5NO2.Ir/c1-2-10-21(11-3-1)22-12-8-13-23(20-22)29(27-17-6-7-18-30-27)26-16-5-4-14-24(26)25-15-9-19-31-28(25)29;8-6(9)5-3-1-2-4-7-5;/h1-10,12-19H;1-4H,(H,8,9);/q-2;;/t29-;;/m0../s1. The Kier molecular flexibility index (Phi) is 8.25. The maximum Gasteiger partial charge on any atom is 0.354 e. The zero-order valence-corrected chi connectivity index (χ0v) is 24.1. The van der Waals surface area contributed by atoms with E-state index >= 15 is 0 Å². The van der Waals surface area contributed by atoms with E-state index in [0.717, 1.165) is 33.6 Å². The Morgan fingerprint density at radius 3 is 2.07 bits per heavy atom. The van der Waals surface area contributed by atoms with Crippen LogP contribution in [0.3, 0.4) is 0 Å². The Hall–Kier alpha value is -4.77. The summed E-state index contributed by atoms with van der Waals surface area (Å²) in [6.07, 6.45) is 5.18. The number of nitrogens with zero attached hydrogens (tertiary/aromatic N) is 3. The summed E-state index contributed by atoms with van der Waals surface area (Å²) in [4.78, 5) is 23.5. The molecule has 1 atom stereocenters. The van der Waals surface area contributed by atoms with Gasteiger partial charge in [0, 0.05) is 44.3 Å². The minimum absolute atomic E-state index is 0. The van der Waals surface area contributed by atoms with Gasteiger partial charge in [-0.25, -0.2) is 20.9 Å². The molecule has 0 amide bonds. The van der Waals surface area contributed by atoms with Crippen LogP contribution in [-0.4, -0.2) is 26.0 Å². The molecule has 6 aromatic rings. The van der Waals surface area contributed by atoms with E-state index in [2.05, 4.69) is 77.8 Å². The number of carbonyl (C=O) groups is 1. The van der Waals surface area contributed by atoms with E-state index in [9.17, 15) is 4.79 Å². The van der Waals surface area contributed by atoms with Gasteiger partial charge in [-0.05, 0) is 41.5 Å². The van der Waals surface area contributed by atoms with Gasteiger partial charge in [0.2, 0.25) is 0 Å². The number of carboxylic acid groups (broad SMARTS) is 1. The van der Waals surface area contributed by atoms with Gasteiger partial charge in [-0.1, -0.05) is 42.5 Å². The molecule has 3 aromatic heterocycles. The van der Waals surface area contributed by atoms with Crippen molar-refractivity contribution < 1.29 is 30.0 Å². The zero-order chi connectivity index (χ0) is 27.4. The number of aromatic carboxylic acids is 1. The second-order valence-corrected chi connectivity index (χ2v) is 9.18. The average Bonchev–Trinajstić information content (AvgIpc) is 3.34. The second-order valence-electron chi connectivity index (χ2n) is 9.18. The van der Waals surface area contributed by atoms with Gasteiger partial charge >= 0.3 is 5.97 Å². The van der Waals surface area contributed by atoms with Crippen molar-refractivity contribution in [1.82, 2.24) is 15.0 Å². The van der Waals surface area contributed by atoms with Gasteiger partial charge in [0.25, 0.3) is 0 Å². The molecule has 6 heteroatoms. The summed E-state index contributed by atoms with van der Waals surface area (Å²) < 4.78 is 0. The van der Waals surface area contributed by atoms with Crippen LogP contribution in [0.4, 0.5) is 0 Å². The Morgan fingerprint density at radius 2 is 1.37 bits per heavy atom. The van der Waals surface area contributed by atoms with Gasteiger partial charge in [0.15, 0.2) is 0 Å². The van der Waals surface area contributed by atoms with Crippen molar-refractivity contribution in [1.29, 1.82) is 0 Å². The number of pyridine rings is 3. The quantitative estimate of drug-likeness (QED) is 0.202. The number of carboxylic acids is 1. The molecule has 0 spiro atoms. The van der Waals surface area contributed by atoms with Gasteiger partial charge in [-0.3, -0.25) is 9.97 Å². The minimum Gasteiger partial charge on any atom is -0.477 e. The van der Waals surface area contributed by atoms with Crippen LogP contribution >= 0.6 is 0 Å². The van der Waals surface area contributed by atoms with Crippen molar-refractivity contribution in [3.63, 3.8) is 0 Å². The molecule has 0 bridgehead atoms. The Balaban J connectivity index is 0.000000291. The fourth-order valence-electron chi connectivity index (χ4n) is 5.24. The number of benzene rings is 3. The predicted octanol–water partition coefficient (Wildman–Crippen LogP) is 6.88. The van der Waals surface area contributed by atoms with Crippen LogP contribution < -0.4 is 0 Å². The summed E-state index contributed by atoms with van der Waals surface area (Å²) >= 11 is 0. The molecule has 201 valence electrons. The van der Waals surface area contributed by atoms with Crippen LogP contribution in [0.15, 0.2) is 134 Å². The first kappa shape index (κ1) is 27.8. The SMILES string of the molecule is O=C(O)c1ccccn1.[Ir].[c-]1ccccc1-c1[c-]c([C@@]2(c3ccccn3)c3ccccc3-c3cccnc32)ccc1. The van der Waals surface area contributed by atoms with Crippen molar-refractivity contribution in [2.24, 2.45) is 0 Å². The van der Waals surface area contributed by atoms with Gasteiger partial charge in [0.05, 0.1) is 16.8 Å². The Bertz CT molecular complexity index is 1730. The van der Waals surface area contributed by atoms with E-state index < -0.39 is 11.4 Å². The minimum atomic E-state index is -0.990. The molecule has 1 radical (unpaired) electrons. The van der Waals surface area contributed by atoms with Crippen LogP contribution in [-0.2, 0) is 25.5 Å². The maximum atomic E-state index is 10.1. The molecular formula is C35H23IrN3O2-2. The molecule has 1 aliphatic rings. The smallest absolute Gasteiger partial charge is 0.354 e. The van der Waals surface area contributed by atoms with Crippen LogP contribution in [0, 0.1) is 12.1 Å². The van der Waals surface area contributed by atoms with E-state index in [1.54, 1.807) is 12.1 Å². The van der Waals surface area contributed by atoms with E-state index in [-0.39, 0.29) is 25.8 Å². The summed E-state index contributed by atoms with van der Waals surface area (Å²) in [5.74, 6) is -0.990. The van der Waals surface area contributed by atoms with Crippen molar-refractivity contribution in [3.05, 3.63) is 174 Å². The third-order valence-corrected chi connectivity index (χ3v) is 6.92. The van der Waals surface area contributed by atoms with E-state index in [4.69, 9.17) is 15.1 Å². The van der Waals surface area contributed by atoms with Crippen LogP contribution in [0.2, 0.25) is 0 Å². The summed E-state index contributed by atoms with van der Waals surface area (Å²) in [6, 6.07) is 44.9. The molecule has 41 heavy (non-hydrogen) atoms. The molecule has 0 saturated carbocycles. The van der Waals surface area contributed by atoms with E-state index in [0.29, 0.717) is 0 Å². The third-order valence-electron chi connectivity index (χ3n) is 6.92. The molecule has 3 aromatic carbocycles. The number of rotatable bonds is 4. The number of aromatic nitrogens is 3. The predicted molar refractivity (Wildman–Crippen MR) is 154 cm³/mol. The molecule has 0 aliphatic heterocycles. The third kappa shape index (κ3) is 5.11. The van der Waals surface area contributed by atoms with Crippen molar-refractivity contribution in [2.45, 2.75) is 5.41 Å². The number of hydrogen-bond acceptors (Lipinski definition) is 4. The molecule has 5 nitrogen and oxygen atoms in total. The zero-order valence-electron chi connectivity index (χ0n) is 21.7. The van der Waals surface area contributed by atoms with Gasteiger partial charge in [0.1, 0.15) is 5.69 Å². The van der Waals surface area contributed by atoms with Crippen LogP contribution in [0.1, 0.15) is 33.0 Å². The van der Waals surface area contributed by atoms with Crippen molar-refractivity contribution in [2.75, 3.05) is 0 Å². The van der Waals surface area contributed by atoms with Crippen molar-refractivity contribution >= 4 is 5.97 Å². The molecule has 3 heterocycles. The van der Waals surface area contributed by atoms with Crippen molar-refractivity contribution in [3.8, 4) is 22.3 Å². The van der Waals surface area contributed by atoms with Gasteiger partial charge < -0.3 is 5.11 Å². The van der Waals surface area contributed by atoms with E-state index in [1.807, 2.05) is 48.8 Å². The first-order valence-electron chi connectivity index (χ1n) is 12.8. The molecule has 0 unspecified atom stereocenters. The molecule has 0 saturated heterocycles. The largest absolute Gasteiger partial charge is 0.477 e. The van der Waals surface area contributed by atoms with E-state index in [1.165, 1.54) is 23.4 Å². The van der Waals surface area contributed by atoms with Crippen LogP contribution in [0.5, 0.6) is 0 Å². The fraction of sp³-hybridized carbons (Fsp3) is 0.0286. The monoisotopic (exact) mass is 710 g/mol. The maximum absolute atomic E-state index is 10.1. The van der Waals surface area contributed by atoms with Crippen LogP contribution in [0.25, 0.3) is 22.3 Å². The molecule has 1 N–H and O–H groups in total. The molecular weight excluding hydrogens is 687 g/mol. The first-order valence-corrected chi connectivity index (χ1v) is 12.8. The Morgan fingerprint density at radius 1 is 0.659 bits per heavy atom. The summed E-state index contributed by atoms with van der Waals surface area (Å²) in [5, 5.41) is 8.32. The topological polar surface area (TPSA) is 76.0 Å². The van der Waals surface area contributed by atoms with Gasteiger partial charge in [-0.2, -0.15) is 42.5 Å². The normalized spacial score (nSPS) is 14.4. The number of fused-ring (bicyclic) bond motifs is 3. The van der Waals surface area contributed by atoms with Gasteiger partial charge in [-0.15, -0.1) is 17.7 Å². The fourth-order valence-corrected chi connectivity index (χ4v) is 5.24. The number of hydrogen-bond donors (Lipinski definition) is 1. The molecule has 0 fully saturated rings. The second kappa shape index (κ2) is 12.2. The Labute approximate surface area is 252 Å². The molecule has 7 rings (SSSR count). The summed E-state index contributed by atoms with van der Waals surface area (Å²) in [7, 11) is 0. The summed E-state index contributed by atoms with van der Waals surface area (Å²) in [6.45, 7) is 0. The average molecular weight is 710 g/mol. The molecule has 1 aliphatic carbocycles.